The smallest absolute Gasteiger partial charge is 0.231 e. The molecule has 0 spiro atoms. The second-order valence-corrected chi connectivity index (χ2v) is 7.20. The number of aliphatic imine (C=N–C) groups is 1. The third-order valence-corrected chi connectivity index (χ3v) is 4.90. The number of ether oxygens (including phenoxy) is 2. The Morgan fingerprint density at radius 3 is 2.63 bits per heavy atom. The van der Waals surface area contributed by atoms with E-state index in [0.717, 1.165) is 49.2 Å². The monoisotopic (exact) mass is 489 g/mol. The lowest BCUT2D eigenvalue weighted by molar-refractivity contribution is 0.139. The summed E-state index contributed by atoms with van der Waals surface area (Å²) in [6, 6.07) is 6.01. The zero-order chi connectivity index (χ0) is 18.4. The predicted octanol–water partition coefficient (Wildman–Crippen LogP) is 1.58. The van der Waals surface area contributed by atoms with Crippen molar-refractivity contribution in [2.24, 2.45) is 10.9 Å². The highest BCUT2D eigenvalue weighted by Gasteiger charge is 2.16. The molecule has 3 rings (SSSR count). The van der Waals surface area contributed by atoms with E-state index in [9.17, 15) is 0 Å². The molecule has 0 bridgehead atoms. The van der Waals surface area contributed by atoms with Gasteiger partial charge >= 0.3 is 0 Å². The fourth-order valence-corrected chi connectivity index (χ4v) is 3.26. The van der Waals surface area contributed by atoms with Crippen molar-refractivity contribution < 1.29 is 9.47 Å². The molecular weight excluding hydrogens is 457 g/mol. The van der Waals surface area contributed by atoms with Crippen LogP contribution in [0.15, 0.2) is 23.2 Å². The van der Waals surface area contributed by atoms with Crippen molar-refractivity contribution >= 4 is 29.9 Å². The van der Waals surface area contributed by atoms with E-state index in [0.29, 0.717) is 19.3 Å². The van der Waals surface area contributed by atoms with E-state index >= 15 is 0 Å². The van der Waals surface area contributed by atoms with Gasteiger partial charge in [-0.1, -0.05) is 13.0 Å². The summed E-state index contributed by atoms with van der Waals surface area (Å²) in [7, 11) is 4.00. The Kier molecular flexibility index (Phi) is 8.91. The zero-order valence-electron chi connectivity index (χ0n) is 16.5. The molecule has 1 aromatic rings. The van der Waals surface area contributed by atoms with Crippen molar-refractivity contribution in [3.05, 3.63) is 23.8 Å². The minimum atomic E-state index is 0. The topological polar surface area (TPSA) is 61.4 Å². The van der Waals surface area contributed by atoms with Crippen molar-refractivity contribution in [1.29, 1.82) is 0 Å². The molecule has 2 heterocycles. The summed E-state index contributed by atoms with van der Waals surface area (Å²) in [5.41, 5.74) is 1.14. The van der Waals surface area contributed by atoms with Gasteiger partial charge in [-0.2, -0.15) is 0 Å². The molecule has 1 unspecified atom stereocenters. The molecule has 0 aromatic heterocycles. The van der Waals surface area contributed by atoms with Gasteiger partial charge < -0.3 is 29.9 Å². The van der Waals surface area contributed by atoms with E-state index in [4.69, 9.17) is 9.47 Å². The molecule has 0 saturated carbocycles. The first-order chi connectivity index (χ1) is 12.6. The lowest BCUT2D eigenvalue weighted by atomic mass is 10.1. The summed E-state index contributed by atoms with van der Waals surface area (Å²) in [5, 5.41) is 6.80. The summed E-state index contributed by atoms with van der Waals surface area (Å²) in [6.45, 7) is 9.99. The highest BCUT2D eigenvalue weighted by atomic mass is 127. The van der Waals surface area contributed by atoms with Crippen molar-refractivity contribution in [1.82, 2.24) is 20.4 Å². The van der Waals surface area contributed by atoms with Gasteiger partial charge in [-0.25, -0.2) is 0 Å². The van der Waals surface area contributed by atoms with E-state index in [2.05, 4.69) is 39.4 Å². The zero-order valence-corrected chi connectivity index (χ0v) is 18.9. The normalized spacial score (nSPS) is 18.7. The van der Waals surface area contributed by atoms with Crippen LogP contribution in [-0.2, 0) is 6.54 Å². The van der Waals surface area contributed by atoms with Crippen molar-refractivity contribution in [2.75, 3.05) is 60.2 Å². The molecule has 27 heavy (non-hydrogen) atoms. The minimum Gasteiger partial charge on any atom is -0.454 e. The van der Waals surface area contributed by atoms with Gasteiger partial charge in [0.1, 0.15) is 0 Å². The number of rotatable bonds is 6. The van der Waals surface area contributed by atoms with Crippen LogP contribution in [-0.4, -0.2) is 75.9 Å². The fraction of sp³-hybridized carbons (Fsp3) is 0.632. The number of likely N-dealkylation sites (N-methyl/N-ethyl adjacent to an activating group) is 1. The van der Waals surface area contributed by atoms with Crippen LogP contribution >= 0.6 is 24.0 Å². The predicted molar refractivity (Wildman–Crippen MR) is 119 cm³/mol. The Bertz CT molecular complexity index is 620. The summed E-state index contributed by atoms with van der Waals surface area (Å²) < 4.78 is 10.8. The largest absolute Gasteiger partial charge is 0.454 e. The van der Waals surface area contributed by atoms with Gasteiger partial charge in [-0.15, -0.1) is 24.0 Å². The molecule has 1 saturated heterocycles. The Balaban J connectivity index is 0.00000261. The molecule has 0 amide bonds. The second kappa shape index (κ2) is 10.9. The van der Waals surface area contributed by atoms with Gasteiger partial charge in [0.2, 0.25) is 6.79 Å². The van der Waals surface area contributed by atoms with Crippen LogP contribution in [0.2, 0.25) is 0 Å². The number of fused-ring (bicyclic) bond motifs is 1. The van der Waals surface area contributed by atoms with Crippen molar-refractivity contribution in [3.8, 4) is 11.5 Å². The standard InChI is InChI=1S/C19H31N5O2.HI/c1-15(13-24-8-6-23(3)7-9-24)11-21-19(20-2)22-12-16-4-5-17-18(10-16)26-14-25-17;/h4-5,10,15H,6-9,11-14H2,1-3H3,(H2,20,21,22);1H. The molecular formula is C19H32IN5O2. The molecule has 0 radical (unpaired) electrons. The lowest BCUT2D eigenvalue weighted by Crippen LogP contribution is -2.47. The van der Waals surface area contributed by atoms with E-state index < -0.39 is 0 Å². The van der Waals surface area contributed by atoms with Crippen LogP contribution in [0.4, 0.5) is 0 Å². The third-order valence-electron chi connectivity index (χ3n) is 4.90. The van der Waals surface area contributed by atoms with Crippen LogP contribution in [0.5, 0.6) is 11.5 Å². The molecule has 2 aliphatic rings. The van der Waals surface area contributed by atoms with Crippen LogP contribution < -0.4 is 20.1 Å². The summed E-state index contributed by atoms with van der Waals surface area (Å²) in [6.07, 6.45) is 0. The van der Waals surface area contributed by atoms with E-state index in [-0.39, 0.29) is 24.0 Å². The summed E-state index contributed by atoms with van der Waals surface area (Å²) in [4.78, 5) is 9.26. The van der Waals surface area contributed by atoms with Crippen LogP contribution in [0.25, 0.3) is 0 Å². The number of piperazine rings is 1. The van der Waals surface area contributed by atoms with E-state index in [1.165, 1.54) is 13.1 Å². The lowest BCUT2D eigenvalue weighted by Gasteiger charge is -2.34. The van der Waals surface area contributed by atoms with E-state index in [1.54, 1.807) is 7.05 Å². The van der Waals surface area contributed by atoms with Gasteiger partial charge in [-0.05, 0) is 30.7 Å². The molecule has 0 aliphatic carbocycles. The third kappa shape index (κ3) is 6.69. The average Bonchev–Trinajstić information content (AvgIpc) is 3.11. The van der Waals surface area contributed by atoms with Gasteiger partial charge in [-0.3, -0.25) is 4.99 Å². The first-order valence-corrected chi connectivity index (χ1v) is 9.38. The molecule has 7 nitrogen and oxygen atoms in total. The number of hydrogen-bond acceptors (Lipinski definition) is 5. The molecule has 8 heteroatoms. The van der Waals surface area contributed by atoms with Gasteiger partial charge in [0.25, 0.3) is 0 Å². The first kappa shape index (κ1) is 22.0. The summed E-state index contributed by atoms with van der Waals surface area (Å²) >= 11 is 0. The van der Waals surface area contributed by atoms with Gasteiger partial charge in [0, 0.05) is 52.9 Å². The van der Waals surface area contributed by atoms with Crippen LogP contribution in [0.3, 0.4) is 0 Å². The molecule has 2 N–H and O–H groups in total. The first-order valence-electron chi connectivity index (χ1n) is 9.38. The highest BCUT2D eigenvalue weighted by Crippen LogP contribution is 2.32. The Hall–Kier alpha value is -1.26. The maximum absolute atomic E-state index is 5.43. The highest BCUT2D eigenvalue weighted by molar-refractivity contribution is 14.0. The number of guanidine groups is 1. The number of benzene rings is 1. The van der Waals surface area contributed by atoms with Crippen molar-refractivity contribution in [2.45, 2.75) is 13.5 Å². The quantitative estimate of drug-likeness (QED) is 0.360. The fourth-order valence-electron chi connectivity index (χ4n) is 3.26. The Labute approximate surface area is 179 Å². The molecule has 2 aliphatic heterocycles. The molecule has 1 aromatic carbocycles. The van der Waals surface area contributed by atoms with E-state index in [1.807, 2.05) is 18.2 Å². The van der Waals surface area contributed by atoms with Gasteiger partial charge in [0.05, 0.1) is 0 Å². The maximum Gasteiger partial charge on any atom is 0.231 e. The number of nitrogens with zero attached hydrogens (tertiary/aromatic N) is 3. The average molecular weight is 489 g/mol. The number of halogens is 1. The Morgan fingerprint density at radius 1 is 1.15 bits per heavy atom. The minimum absolute atomic E-state index is 0. The number of hydrogen-bond donors (Lipinski definition) is 2. The molecule has 1 fully saturated rings. The van der Waals surface area contributed by atoms with Gasteiger partial charge in [0.15, 0.2) is 17.5 Å². The summed E-state index contributed by atoms with van der Waals surface area (Å²) in [5.74, 6) is 3.03. The van der Waals surface area contributed by atoms with Crippen LogP contribution in [0, 0.1) is 5.92 Å². The molecule has 152 valence electrons. The SMILES string of the molecule is CN=C(NCc1ccc2c(c1)OCO2)NCC(C)CN1CCN(C)CC1.I. The van der Waals surface area contributed by atoms with Crippen LogP contribution in [0.1, 0.15) is 12.5 Å². The maximum atomic E-state index is 5.43. The molecule has 1 atom stereocenters. The van der Waals surface area contributed by atoms with Crippen molar-refractivity contribution in [3.63, 3.8) is 0 Å². The number of nitrogens with one attached hydrogen (secondary N) is 2. The Morgan fingerprint density at radius 2 is 1.89 bits per heavy atom. The second-order valence-electron chi connectivity index (χ2n) is 7.20.